The van der Waals surface area contributed by atoms with E-state index in [4.69, 9.17) is 0 Å². The van der Waals surface area contributed by atoms with Gasteiger partial charge in [-0.1, -0.05) is 49.3 Å². The van der Waals surface area contributed by atoms with Gasteiger partial charge in [-0.2, -0.15) is 0 Å². The first kappa shape index (κ1) is 22.4. The molecule has 0 radical (unpaired) electrons. The van der Waals surface area contributed by atoms with Gasteiger partial charge in [-0.3, -0.25) is 14.7 Å². The molecule has 3 aromatic heterocycles. The fourth-order valence-electron chi connectivity index (χ4n) is 3.81. The van der Waals surface area contributed by atoms with Crippen molar-refractivity contribution < 1.29 is 4.79 Å². The van der Waals surface area contributed by atoms with Crippen molar-refractivity contribution in [1.82, 2.24) is 25.0 Å². The van der Waals surface area contributed by atoms with Gasteiger partial charge in [0.1, 0.15) is 5.01 Å². The monoisotopic (exact) mass is 476 g/mol. The summed E-state index contributed by atoms with van der Waals surface area (Å²) in [6.07, 6.45) is 7.19. The molecule has 0 bridgehead atoms. The zero-order valence-electron chi connectivity index (χ0n) is 18.1. The number of aryl methyl sites for hydroxylation is 1. The summed E-state index contributed by atoms with van der Waals surface area (Å²) < 4.78 is 2.10. The summed E-state index contributed by atoms with van der Waals surface area (Å²) in [5.74, 6) is 1.52. The van der Waals surface area contributed by atoms with Crippen molar-refractivity contribution in [1.29, 1.82) is 0 Å². The Labute approximate surface area is 195 Å². The van der Waals surface area contributed by atoms with Crippen LogP contribution >= 0.6 is 34.4 Å². The van der Waals surface area contributed by atoms with Crippen molar-refractivity contribution in [2.24, 2.45) is 0 Å². The van der Waals surface area contributed by atoms with Crippen LogP contribution in [-0.2, 0) is 11.2 Å². The Morgan fingerprint density at radius 2 is 2.03 bits per heavy atom. The first-order valence-electron chi connectivity index (χ1n) is 10.8. The van der Waals surface area contributed by atoms with Crippen LogP contribution in [0.25, 0.3) is 11.4 Å². The molecule has 1 fully saturated rings. The average Bonchev–Trinajstić information content (AvgIpc) is 3.51. The number of hydrogen-bond acceptors (Lipinski definition) is 8. The normalized spacial score (nSPS) is 15.0. The van der Waals surface area contributed by atoms with E-state index >= 15 is 0 Å². The molecule has 1 amide bonds. The van der Waals surface area contributed by atoms with Crippen LogP contribution in [0.2, 0.25) is 0 Å². The highest BCUT2D eigenvalue weighted by atomic mass is 32.2. The third-order valence-corrected chi connectivity index (χ3v) is 8.44. The van der Waals surface area contributed by atoms with Gasteiger partial charge in [0.05, 0.1) is 5.75 Å². The number of amides is 1. The van der Waals surface area contributed by atoms with Crippen LogP contribution in [-0.4, -0.2) is 36.6 Å². The smallest absolute Gasteiger partial charge is 0.236 e. The third-order valence-electron chi connectivity index (χ3n) is 5.42. The number of anilines is 1. The summed E-state index contributed by atoms with van der Waals surface area (Å²) in [5.41, 5.74) is 1.09. The quantitative estimate of drug-likeness (QED) is 0.415. The maximum absolute atomic E-state index is 12.5. The molecule has 1 aliphatic carbocycles. The van der Waals surface area contributed by atoms with Gasteiger partial charge in [-0.15, -0.1) is 31.7 Å². The highest BCUT2D eigenvalue weighted by Gasteiger charge is 2.21. The molecular formula is C21H28N6OS3. The molecule has 1 aliphatic rings. The number of thiophene rings is 1. The molecule has 3 heterocycles. The van der Waals surface area contributed by atoms with Crippen LogP contribution in [0.4, 0.5) is 5.13 Å². The molecule has 7 nitrogen and oxygen atoms in total. The molecule has 0 spiro atoms. The minimum atomic E-state index is -0.0972. The van der Waals surface area contributed by atoms with Crippen LogP contribution in [0.5, 0.6) is 0 Å². The largest absolute Gasteiger partial charge is 0.300 e. The van der Waals surface area contributed by atoms with E-state index in [1.54, 1.807) is 11.3 Å². The molecule has 166 valence electrons. The standard InChI is InChI=1S/C21H28N6OS3/c1-4-16-10-15(11-29-16)18-23-26-21(27(18)13(2)3)30-12-17(28)22-20-25-24-19(31-20)14-8-6-5-7-9-14/h10-11,13-14H,4-9,12H2,1-3H3,(H,22,25,28). The average molecular weight is 477 g/mol. The van der Waals surface area contributed by atoms with Gasteiger partial charge in [0.2, 0.25) is 11.0 Å². The molecule has 31 heavy (non-hydrogen) atoms. The van der Waals surface area contributed by atoms with Crippen molar-refractivity contribution in [3.8, 4) is 11.4 Å². The van der Waals surface area contributed by atoms with Crippen LogP contribution in [0, 0.1) is 0 Å². The Kier molecular flexibility index (Phi) is 7.39. The third kappa shape index (κ3) is 5.35. The molecule has 1 saturated carbocycles. The molecule has 0 saturated heterocycles. The topological polar surface area (TPSA) is 85.6 Å². The van der Waals surface area contributed by atoms with Crippen molar-refractivity contribution >= 4 is 45.5 Å². The number of hydrogen-bond donors (Lipinski definition) is 1. The molecule has 10 heteroatoms. The van der Waals surface area contributed by atoms with Crippen molar-refractivity contribution in [3.05, 3.63) is 21.3 Å². The fraction of sp³-hybridized carbons (Fsp3) is 0.571. The molecule has 4 rings (SSSR count). The summed E-state index contributed by atoms with van der Waals surface area (Å²) >= 11 is 4.65. The Morgan fingerprint density at radius 1 is 1.23 bits per heavy atom. The predicted molar refractivity (Wildman–Crippen MR) is 128 cm³/mol. The molecule has 0 atom stereocenters. The first-order chi connectivity index (χ1) is 15.0. The maximum Gasteiger partial charge on any atom is 0.236 e. The number of nitrogens with zero attached hydrogens (tertiary/aromatic N) is 5. The lowest BCUT2D eigenvalue weighted by Gasteiger charge is -2.18. The molecular weight excluding hydrogens is 448 g/mol. The van der Waals surface area contributed by atoms with Crippen LogP contribution in [0.3, 0.4) is 0 Å². The SMILES string of the molecule is CCc1cc(-c2nnc(SCC(=O)Nc3nnc(C4CCCCC4)s3)n2C(C)C)cs1. The van der Waals surface area contributed by atoms with Crippen molar-refractivity contribution in [2.75, 3.05) is 11.1 Å². The lowest BCUT2D eigenvalue weighted by atomic mass is 9.90. The van der Waals surface area contributed by atoms with E-state index < -0.39 is 0 Å². The predicted octanol–water partition coefficient (Wildman–Crippen LogP) is 5.78. The second-order valence-corrected chi connectivity index (χ2v) is 11.0. The number of aromatic nitrogens is 5. The zero-order chi connectivity index (χ0) is 21.8. The van der Waals surface area contributed by atoms with E-state index in [2.05, 4.69) is 62.5 Å². The summed E-state index contributed by atoms with van der Waals surface area (Å²) in [7, 11) is 0. The highest BCUT2D eigenvalue weighted by molar-refractivity contribution is 7.99. The second-order valence-electron chi connectivity index (χ2n) is 8.04. The van der Waals surface area contributed by atoms with Gasteiger partial charge in [-0.25, -0.2) is 0 Å². The zero-order valence-corrected chi connectivity index (χ0v) is 20.6. The fourth-order valence-corrected chi connectivity index (χ4v) is 6.42. The van der Waals surface area contributed by atoms with Crippen LogP contribution in [0.15, 0.2) is 16.6 Å². The molecule has 0 unspecified atom stereocenters. The lowest BCUT2D eigenvalue weighted by molar-refractivity contribution is -0.113. The summed E-state index contributed by atoms with van der Waals surface area (Å²) in [5, 5.41) is 24.7. The Morgan fingerprint density at radius 3 is 2.74 bits per heavy atom. The maximum atomic E-state index is 12.5. The number of rotatable bonds is 8. The molecule has 0 aromatic carbocycles. The van der Waals surface area contributed by atoms with Gasteiger partial charge in [0, 0.05) is 27.8 Å². The van der Waals surface area contributed by atoms with E-state index in [1.807, 2.05) is 0 Å². The van der Waals surface area contributed by atoms with Gasteiger partial charge in [0.25, 0.3) is 0 Å². The van der Waals surface area contributed by atoms with Crippen LogP contribution < -0.4 is 5.32 Å². The van der Waals surface area contributed by atoms with Gasteiger partial charge in [0.15, 0.2) is 11.0 Å². The Balaban J connectivity index is 1.38. The van der Waals surface area contributed by atoms with Crippen LogP contribution in [0.1, 0.15) is 74.7 Å². The lowest BCUT2D eigenvalue weighted by Crippen LogP contribution is -2.15. The second kappa shape index (κ2) is 10.2. The Hall–Kier alpha value is -1.78. The summed E-state index contributed by atoms with van der Waals surface area (Å²) in [4.78, 5) is 13.8. The molecule has 3 aromatic rings. The Bertz CT molecular complexity index is 1020. The number of thioether (sulfide) groups is 1. The van der Waals surface area contributed by atoms with Gasteiger partial charge < -0.3 is 0 Å². The minimum Gasteiger partial charge on any atom is -0.300 e. The van der Waals surface area contributed by atoms with E-state index in [0.29, 0.717) is 11.0 Å². The van der Waals surface area contributed by atoms with E-state index in [0.717, 1.165) is 28.0 Å². The number of carbonyl (C=O) groups is 1. The van der Waals surface area contributed by atoms with E-state index in [-0.39, 0.29) is 17.7 Å². The number of carbonyl (C=O) groups excluding carboxylic acids is 1. The summed E-state index contributed by atoms with van der Waals surface area (Å²) in [6, 6.07) is 2.37. The van der Waals surface area contributed by atoms with E-state index in [1.165, 1.54) is 60.1 Å². The summed E-state index contributed by atoms with van der Waals surface area (Å²) in [6.45, 7) is 6.37. The van der Waals surface area contributed by atoms with Crippen molar-refractivity contribution in [3.63, 3.8) is 0 Å². The molecule has 1 N–H and O–H groups in total. The van der Waals surface area contributed by atoms with Gasteiger partial charge in [-0.05, 0) is 39.2 Å². The number of nitrogens with one attached hydrogen (secondary N) is 1. The highest BCUT2D eigenvalue weighted by Crippen LogP contribution is 2.35. The first-order valence-corrected chi connectivity index (χ1v) is 13.5. The molecule has 0 aliphatic heterocycles. The van der Waals surface area contributed by atoms with Crippen molar-refractivity contribution in [2.45, 2.75) is 76.4 Å². The van der Waals surface area contributed by atoms with Gasteiger partial charge >= 0.3 is 0 Å². The van der Waals surface area contributed by atoms with E-state index in [9.17, 15) is 4.79 Å². The minimum absolute atomic E-state index is 0.0972.